The standard InChI is InChI=1S/C15H22O3/c1-5-6-12-9-15(18-4)13(10-14(12)17-3)11(2)7-8-16/h8-11H,5-7H2,1-4H3. The van der Waals surface area contributed by atoms with Crippen molar-refractivity contribution in [2.24, 2.45) is 0 Å². The van der Waals surface area contributed by atoms with E-state index < -0.39 is 0 Å². The van der Waals surface area contributed by atoms with Crippen molar-refractivity contribution < 1.29 is 14.3 Å². The monoisotopic (exact) mass is 250 g/mol. The molecule has 1 aromatic rings. The van der Waals surface area contributed by atoms with Crippen LogP contribution in [0, 0.1) is 0 Å². The Morgan fingerprint density at radius 2 is 1.89 bits per heavy atom. The van der Waals surface area contributed by atoms with E-state index >= 15 is 0 Å². The summed E-state index contributed by atoms with van der Waals surface area (Å²) in [4.78, 5) is 10.6. The van der Waals surface area contributed by atoms with Crippen LogP contribution in [0.1, 0.15) is 43.7 Å². The Balaban J connectivity index is 3.20. The Labute approximate surface area is 109 Å². The molecule has 0 spiro atoms. The van der Waals surface area contributed by atoms with E-state index in [4.69, 9.17) is 9.47 Å². The molecule has 0 N–H and O–H groups in total. The normalized spacial score (nSPS) is 12.0. The summed E-state index contributed by atoms with van der Waals surface area (Å²) in [5, 5.41) is 0. The first-order valence-electron chi connectivity index (χ1n) is 6.36. The van der Waals surface area contributed by atoms with Crippen LogP contribution in [0.5, 0.6) is 11.5 Å². The highest BCUT2D eigenvalue weighted by Crippen LogP contribution is 2.35. The number of rotatable bonds is 7. The second-order valence-electron chi connectivity index (χ2n) is 4.46. The van der Waals surface area contributed by atoms with E-state index in [1.165, 1.54) is 0 Å². The van der Waals surface area contributed by atoms with Gasteiger partial charge in [-0.15, -0.1) is 0 Å². The summed E-state index contributed by atoms with van der Waals surface area (Å²) in [7, 11) is 3.34. The van der Waals surface area contributed by atoms with E-state index in [0.717, 1.165) is 41.8 Å². The summed E-state index contributed by atoms with van der Waals surface area (Å²) in [6.45, 7) is 4.15. The minimum atomic E-state index is 0.141. The van der Waals surface area contributed by atoms with Gasteiger partial charge in [0.25, 0.3) is 0 Å². The lowest BCUT2D eigenvalue weighted by Gasteiger charge is -2.17. The van der Waals surface area contributed by atoms with Crippen LogP contribution in [-0.4, -0.2) is 20.5 Å². The molecule has 1 atom stereocenters. The second-order valence-corrected chi connectivity index (χ2v) is 4.46. The number of carbonyl (C=O) groups is 1. The lowest BCUT2D eigenvalue weighted by molar-refractivity contribution is -0.108. The van der Waals surface area contributed by atoms with Gasteiger partial charge in [-0.25, -0.2) is 0 Å². The summed E-state index contributed by atoms with van der Waals surface area (Å²) in [6, 6.07) is 4.02. The molecule has 100 valence electrons. The highest BCUT2D eigenvalue weighted by molar-refractivity contribution is 5.54. The molecule has 0 aliphatic rings. The molecule has 18 heavy (non-hydrogen) atoms. The van der Waals surface area contributed by atoms with Crippen LogP contribution in [0.2, 0.25) is 0 Å². The van der Waals surface area contributed by atoms with Crippen LogP contribution >= 0.6 is 0 Å². The lowest BCUT2D eigenvalue weighted by Crippen LogP contribution is -2.02. The van der Waals surface area contributed by atoms with Crippen LogP contribution < -0.4 is 9.47 Å². The average Bonchev–Trinajstić information content (AvgIpc) is 2.38. The second kappa shape index (κ2) is 7.04. The molecule has 0 heterocycles. The van der Waals surface area contributed by atoms with Crippen molar-refractivity contribution in [3.8, 4) is 11.5 Å². The fraction of sp³-hybridized carbons (Fsp3) is 0.533. The molecule has 3 nitrogen and oxygen atoms in total. The number of hydrogen-bond acceptors (Lipinski definition) is 3. The Hall–Kier alpha value is -1.51. The van der Waals surface area contributed by atoms with E-state index in [1.54, 1.807) is 14.2 Å². The Bertz CT molecular complexity index is 399. The van der Waals surface area contributed by atoms with Gasteiger partial charge >= 0.3 is 0 Å². The molecule has 3 heteroatoms. The van der Waals surface area contributed by atoms with Crippen molar-refractivity contribution >= 4 is 6.29 Å². The number of hydrogen-bond donors (Lipinski definition) is 0. The van der Waals surface area contributed by atoms with E-state index in [0.29, 0.717) is 6.42 Å². The molecule has 1 rings (SSSR count). The van der Waals surface area contributed by atoms with Crippen molar-refractivity contribution in [2.45, 2.75) is 39.0 Å². The zero-order chi connectivity index (χ0) is 13.5. The van der Waals surface area contributed by atoms with Crippen LogP contribution in [0.3, 0.4) is 0 Å². The number of methoxy groups -OCH3 is 2. The average molecular weight is 250 g/mol. The largest absolute Gasteiger partial charge is 0.496 e. The molecule has 0 aliphatic carbocycles. The maximum atomic E-state index is 10.6. The third kappa shape index (κ3) is 3.25. The van der Waals surface area contributed by atoms with Gasteiger partial charge in [-0.3, -0.25) is 0 Å². The fourth-order valence-corrected chi connectivity index (χ4v) is 2.11. The van der Waals surface area contributed by atoms with Gasteiger partial charge < -0.3 is 14.3 Å². The van der Waals surface area contributed by atoms with Gasteiger partial charge in [0.1, 0.15) is 17.8 Å². The number of carbonyl (C=O) groups excluding carboxylic acids is 1. The van der Waals surface area contributed by atoms with Crippen LogP contribution in [0.15, 0.2) is 12.1 Å². The Kier molecular flexibility index (Phi) is 5.69. The highest BCUT2D eigenvalue weighted by atomic mass is 16.5. The quantitative estimate of drug-likeness (QED) is 0.696. The lowest BCUT2D eigenvalue weighted by atomic mass is 9.94. The number of aryl methyl sites for hydroxylation is 1. The molecular formula is C15H22O3. The fourth-order valence-electron chi connectivity index (χ4n) is 2.11. The predicted molar refractivity (Wildman–Crippen MR) is 72.6 cm³/mol. The van der Waals surface area contributed by atoms with Crippen molar-refractivity contribution in [1.82, 2.24) is 0 Å². The maximum absolute atomic E-state index is 10.6. The molecule has 0 amide bonds. The predicted octanol–water partition coefficient (Wildman–Crippen LogP) is 3.35. The van der Waals surface area contributed by atoms with E-state index in [-0.39, 0.29) is 5.92 Å². The summed E-state index contributed by atoms with van der Waals surface area (Å²) in [5.74, 6) is 1.86. The van der Waals surface area contributed by atoms with Crippen molar-refractivity contribution in [3.05, 3.63) is 23.3 Å². The third-order valence-electron chi connectivity index (χ3n) is 3.13. The molecule has 0 saturated carbocycles. The van der Waals surface area contributed by atoms with Crippen molar-refractivity contribution in [3.63, 3.8) is 0 Å². The summed E-state index contributed by atoms with van der Waals surface area (Å²) in [6.07, 6.45) is 3.45. The minimum Gasteiger partial charge on any atom is -0.496 e. The Morgan fingerprint density at radius 3 is 2.39 bits per heavy atom. The van der Waals surface area contributed by atoms with Gasteiger partial charge in [-0.2, -0.15) is 0 Å². The first-order chi connectivity index (χ1) is 8.67. The first kappa shape index (κ1) is 14.6. The molecular weight excluding hydrogens is 228 g/mol. The van der Waals surface area contributed by atoms with Gasteiger partial charge in [0.05, 0.1) is 14.2 Å². The SMILES string of the molecule is CCCc1cc(OC)c(C(C)CC=O)cc1OC. The minimum absolute atomic E-state index is 0.141. The number of ether oxygens (including phenoxy) is 2. The van der Waals surface area contributed by atoms with E-state index in [1.807, 2.05) is 19.1 Å². The van der Waals surface area contributed by atoms with Crippen LogP contribution in [0.25, 0.3) is 0 Å². The number of benzene rings is 1. The van der Waals surface area contributed by atoms with Crippen molar-refractivity contribution in [2.75, 3.05) is 14.2 Å². The van der Waals surface area contributed by atoms with Crippen LogP contribution in [0.4, 0.5) is 0 Å². The summed E-state index contributed by atoms with van der Waals surface area (Å²) >= 11 is 0. The molecule has 0 radical (unpaired) electrons. The Morgan fingerprint density at radius 1 is 1.22 bits per heavy atom. The van der Waals surface area contributed by atoms with Gasteiger partial charge in [0.2, 0.25) is 0 Å². The van der Waals surface area contributed by atoms with Crippen molar-refractivity contribution in [1.29, 1.82) is 0 Å². The first-order valence-corrected chi connectivity index (χ1v) is 6.36. The van der Waals surface area contributed by atoms with Gasteiger partial charge in [-0.1, -0.05) is 20.3 Å². The molecule has 0 fully saturated rings. The van der Waals surface area contributed by atoms with Gasteiger partial charge in [-0.05, 0) is 30.0 Å². The summed E-state index contributed by atoms with van der Waals surface area (Å²) < 4.78 is 10.9. The molecule has 0 aliphatic heterocycles. The van der Waals surface area contributed by atoms with Gasteiger partial charge in [0.15, 0.2) is 0 Å². The zero-order valence-corrected chi connectivity index (χ0v) is 11.7. The molecule has 1 unspecified atom stereocenters. The molecule has 0 aromatic heterocycles. The maximum Gasteiger partial charge on any atom is 0.122 e. The van der Waals surface area contributed by atoms with E-state index in [2.05, 4.69) is 6.92 Å². The molecule has 0 bridgehead atoms. The zero-order valence-electron chi connectivity index (χ0n) is 11.7. The smallest absolute Gasteiger partial charge is 0.122 e. The van der Waals surface area contributed by atoms with Gasteiger partial charge in [0, 0.05) is 12.0 Å². The van der Waals surface area contributed by atoms with E-state index in [9.17, 15) is 4.79 Å². The summed E-state index contributed by atoms with van der Waals surface area (Å²) in [5.41, 5.74) is 2.18. The molecule has 1 aromatic carbocycles. The highest BCUT2D eigenvalue weighted by Gasteiger charge is 2.15. The molecule has 0 saturated heterocycles. The number of aldehydes is 1. The topological polar surface area (TPSA) is 35.5 Å². The third-order valence-corrected chi connectivity index (χ3v) is 3.13. The van der Waals surface area contributed by atoms with Crippen LogP contribution in [-0.2, 0) is 11.2 Å².